The second-order valence-electron chi connectivity index (χ2n) is 6.30. The largest absolute Gasteiger partial charge is 0.457 e. The normalized spacial score (nSPS) is 10.5. The van der Waals surface area contributed by atoms with Crippen LogP contribution < -0.4 is 5.32 Å². The van der Waals surface area contributed by atoms with E-state index in [4.69, 9.17) is 4.74 Å². The van der Waals surface area contributed by atoms with Gasteiger partial charge in [-0.25, -0.2) is 14.8 Å². The van der Waals surface area contributed by atoms with Crippen LogP contribution in [-0.2, 0) is 11.3 Å². The third-order valence-electron chi connectivity index (χ3n) is 4.43. The fraction of sp³-hybridized carbons (Fsp3) is 0.0909. The molecule has 1 N–H and O–H groups in total. The topological polar surface area (TPSA) is 87.9 Å². The molecule has 29 heavy (non-hydrogen) atoms. The fourth-order valence-corrected chi connectivity index (χ4v) is 4.01. The number of nitrogens with zero attached hydrogens (tertiary/aromatic N) is 3. The molecule has 6 nitrogen and oxygen atoms in total. The van der Waals surface area contributed by atoms with Crippen molar-refractivity contribution in [2.75, 3.05) is 5.32 Å². The lowest BCUT2D eigenvalue weighted by Crippen LogP contribution is -2.04. The van der Waals surface area contributed by atoms with E-state index in [-0.39, 0.29) is 6.61 Å². The maximum atomic E-state index is 12.7. The van der Waals surface area contributed by atoms with Gasteiger partial charge in [-0.15, -0.1) is 11.3 Å². The Morgan fingerprint density at radius 3 is 2.69 bits per heavy atom. The van der Waals surface area contributed by atoms with Crippen molar-refractivity contribution in [1.29, 1.82) is 5.26 Å². The first-order valence-electron chi connectivity index (χ1n) is 8.88. The average molecular weight is 400 g/mol. The molecule has 4 rings (SSSR count). The van der Waals surface area contributed by atoms with Crippen LogP contribution >= 0.6 is 11.3 Å². The van der Waals surface area contributed by atoms with Gasteiger partial charge in [0.05, 0.1) is 16.6 Å². The number of nitriles is 1. The van der Waals surface area contributed by atoms with Crippen molar-refractivity contribution in [3.63, 3.8) is 0 Å². The maximum Gasteiger partial charge on any atom is 0.349 e. The van der Waals surface area contributed by atoms with E-state index in [0.29, 0.717) is 26.8 Å². The minimum atomic E-state index is -0.391. The molecular formula is C22H16N4O2S. The van der Waals surface area contributed by atoms with Crippen LogP contribution in [0, 0.1) is 18.3 Å². The van der Waals surface area contributed by atoms with Gasteiger partial charge < -0.3 is 10.1 Å². The summed E-state index contributed by atoms with van der Waals surface area (Å²) in [4.78, 5) is 22.5. The second-order valence-corrected chi connectivity index (χ2v) is 7.30. The summed E-state index contributed by atoms with van der Waals surface area (Å²) >= 11 is 1.27. The van der Waals surface area contributed by atoms with E-state index in [0.717, 1.165) is 16.5 Å². The average Bonchev–Trinajstić information content (AvgIpc) is 3.11. The molecule has 0 fully saturated rings. The number of nitrogens with one attached hydrogen (secondary N) is 1. The van der Waals surface area contributed by atoms with Gasteiger partial charge in [0, 0.05) is 0 Å². The molecule has 0 spiro atoms. The molecule has 2 aromatic carbocycles. The van der Waals surface area contributed by atoms with E-state index in [1.807, 2.05) is 49.4 Å². The molecule has 2 heterocycles. The number of ether oxygens (including phenoxy) is 1. The van der Waals surface area contributed by atoms with E-state index >= 15 is 0 Å². The first kappa shape index (κ1) is 18.6. The van der Waals surface area contributed by atoms with Crippen molar-refractivity contribution in [1.82, 2.24) is 9.97 Å². The zero-order chi connectivity index (χ0) is 20.2. The predicted molar refractivity (Wildman–Crippen MR) is 112 cm³/mol. The number of para-hydroxylation sites is 1. The molecule has 0 saturated carbocycles. The molecular weight excluding hydrogens is 384 g/mol. The van der Waals surface area contributed by atoms with Gasteiger partial charge in [0.15, 0.2) is 0 Å². The smallest absolute Gasteiger partial charge is 0.349 e. The minimum Gasteiger partial charge on any atom is -0.457 e. The Balaban J connectivity index is 1.64. The second kappa shape index (κ2) is 8.09. The van der Waals surface area contributed by atoms with Gasteiger partial charge in [0.25, 0.3) is 0 Å². The van der Waals surface area contributed by atoms with Gasteiger partial charge in [-0.1, -0.05) is 42.5 Å². The molecule has 0 saturated heterocycles. The highest BCUT2D eigenvalue weighted by molar-refractivity contribution is 7.20. The fourth-order valence-electron chi connectivity index (χ4n) is 2.97. The molecule has 0 aliphatic heterocycles. The van der Waals surface area contributed by atoms with Gasteiger partial charge in [0.2, 0.25) is 0 Å². The van der Waals surface area contributed by atoms with E-state index < -0.39 is 5.97 Å². The van der Waals surface area contributed by atoms with E-state index in [2.05, 4.69) is 21.4 Å². The summed E-state index contributed by atoms with van der Waals surface area (Å²) in [5.41, 5.74) is 2.83. The summed E-state index contributed by atoms with van der Waals surface area (Å²) in [6.45, 7) is 2.06. The summed E-state index contributed by atoms with van der Waals surface area (Å²) in [6, 6.07) is 18.9. The Hall–Kier alpha value is -3.76. The molecule has 0 bridgehead atoms. The monoisotopic (exact) mass is 400 g/mol. The predicted octanol–water partition coefficient (Wildman–Crippen LogP) is 4.97. The summed E-state index contributed by atoms with van der Waals surface area (Å²) in [5, 5.41) is 13.3. The van der Waals surface area contributed by atoms with Crippen LogP contribution in [0.25, 0.3) is 10.2 Å². The van der Waals surface area contributed by atoms with Crippen LogP contribution in [0.2, 0.25) is 0 Å². The molecule has 0 amide bonds. The number of fused-ring (bicyclic) bond motifs is 1. The summed E-state index contributed by atoms with van der Waals surface area (Å²) in [6.07, 6.45) is 1.44. The SMILES string of the molecule is Cc1c(C(=O)OCc2ccccc2)sc2ncnc(Nc3ccccc3C#N)c12. The molecule has 2 aromatic heterocycles. The Bertz CT molecular complexity index is 1230. The zero-order valence-electron chi connectivity index (χ0n) is 15.5. The standard InChI is InChI=1S/C22H16N4O2S/c1-14-18-20(26-17-10-6-5-9-16(17)11-23)24-13-25-21(18)29-19(14)22(27)28-12-15-7-3-2-4-8-15/h2-10,13H,12H2,1H3,(H,24,25,26). The molecule has 0 aliphatic carbocycles. The van der Waals surface area contributed by atoms with Gasteiger partial charge in [-0.3, -0.25) is 0 Å². The van der Waals surface area contributed by atoms with Crippen LogP contribution in [-0.4, -0.2) is 15.9 Å². The quantitative estimate of drug-likeness (QED) is 0.476. The molecule has 142 valence electrons. The van der Waals surface area contributed by atoms with Crippen molar-refractivity contribution in [3.8, 4) is 6.07 Å². The highest BCUT2D eigenvalue weighted by Crippen LogP contribution is 2.35. The van der Waals surface area contributed by atoms with Crippen LogP contribution in [0.5, 0.6) is 0 Å². The Morgan fingerprint density at radius 2 is 1.90 bits per heavy atom. The summed E-state index contributed by atoms with van der Waals surface area (Å²) < 4.78 is 5.48. The lowest BCUT2D eigenvalue weighted by atomic mass is 10.1. The van der Waals surface area contributed by atoms with Crippen molar-refractivity contribution in [2.24, 2.45) is 0 Å². The first-order valence-corrected chi connectivity index (χ1v) is 9.70. The number of hydrogen-bond acceptors (Lipinski definition) is 7. The van der Waals surface area contributed by atoms with E-state index in [9.17, 15) is 10.1 Å². The number of benzene rings is 2. The van der Waals surface area contributed by atoms with Crippen LogP contribution in [0.4, 0.5) is 11.5 Å². The molecule has 0 unspecified atom stereocenters. The molecule has 0 radical (unpaired) electrons. The number of thiophene rings is 1. The van der Waals surface area contributed by atoms with Gasteiger partial charge in [-0.05, 0) is 30.2 Å². The highest BCUT2D eigenvalue weighted by Gasteiger charge is 2.21. The van der Waals surface area contributed by atoms with Crippen molar-refractivity contribution < 1.29 is 9.53 Å². The maximum absolute atomic E-state index is 12.7. The van der Waals surface area contributed by atoms with Crippen molar-refractivity contribution >= 4 is 39.0 Å². The number of hydrogen-bond donors (Lipinski definition) is 1. The number of carbonyl (C=O) groups is 1. The molecule has 0 atom stereocenters. The van der Waals surface area contributed by atoms with Gasteiger partial charge >= 0.3 is 5.97 Å². The van der Waals surface area contributed by atoms with Crippen LogP contribution in [0.15, 0.2) is 60.9 Å². The number of carbonyl (C=O) groups excluding carboxylic acids is 1. The minimum absolute atomic E-state index is 0.208. The molecule has 4 aromatic rings. The van der Waals surface area contributed by atoms with Gasteiger partial charge in [-0.2, -0.15) is 5.26 Å². The summed E-state index contributed by atoms with van der Waals surface area (Å²) in [7, 11) is 0. The summed E-state index contributed by atoms with van der Waals surface area (Å²) in [5.74, 6) is 0.159. The Kier molecular flexibility index (Phi) is 5.18. The third kappa shape index (κ3) is 3.79. The number of rotatable bonds is 5. The number of esters is 1. The lowest BCUT2D eigenvalue weighted by molar-refractivity contribution is 0.0478. The number of aromatic nitrogens is 2. The number of aryl methyl sites for hydroxylation is 1. The van der Waals surface area contributed by atoms with Crippen molar-refractivity contribution in [2.45, 2.75) is 13.5 Å². The molecule has 0 aliphatic rings. The Labute approximate surface area is 171 Å². The van der Waals surface area contributed by atoms with Gasteiger partial charge in [0.1, 0.15) is 34.5 Å². The van der Waals surface area contributed by atoms with E-state index in [1.165, 1.54) is 17.7 Å². The van der Waals surface area contributed by atoms with E-state index in [1.54, 1.807) is 12.1 Å². The number of anilines is 2. The first-order chi connectivity index (χ1) is 14.2. The highest BCUT2D eigenvalue weighted by atomic mass is 32.1. The van der Waals surface area contributed by atoms with Crippen molar-refractivity contribution in [3.05, 3.63) is 82.5 Å². The zero-order valence-corrected chi connectivity index (χ0v) is 16.4. The van der Waals surface area contributed by atoms with Crippen LogP contribution in [0.3, 0.4) is 0 Å². The van der Waals surface area contributed by atoms with Crippen LogP contribution in [0.1, 0.15) is 26.4 Å². The third-order valence-corrected chi connectivity index (χ3v) is 5.61. The molecule has 7 heteroatoms. The lowest BCUT2D eigenvalue weighted by Gasteiger charge is -2.08. The Morgan fingerprint density at radius 1 is 1.14 bits per heavy atom.